The van der Waals surface area contributed by atoms with E-state index in [1.807, 2.05) is 34.6 Å². The van der Waals surface area contributed by atoms with E-state index < -0.39 is 9.84 Å². The summed E-state index contributed by atoms with van der Waals surface area (Å²) in [5, 5.41) is 8.98. The largest absolute Gasteiger partial charge is 0.357 e. The second-order valence-electron chi connectivity index (χ2n) is 6.46. The van der Waals surface area contributed by atoms with Crippen molar-refractivity contribution < 1.29 is 13.2 Å². The Balaban J connectivity index is 4.51. The van der Waals surface area contributed by atoms with Gasteiger partial charge in [0.2, 0.25) is 5.91 Å². The van der Waals surface area contributed by atoms with Crippen LogP contribution in [0.3, 0.4) is 0 Å². The fourth-order valence-corrected chi connectivity index (χ4v) is 2.41. The van der Waals surface area contributed by atoms with Crippen LogP contribution in [-0.4, -0.2) is 57.0 Å². The minimum atomic E-state index is -2.98. The average molecular weight is 334 g/mol. The van der Waals surface area contributed by atoms with Crippen molar-refractivity contribution in [3.8, 4) is 0 Å². The van der Waals surface area contributed by atoms with Crippen LogP contribution in [0.4, 0.5) is 0 Å². The highest BCUT2D eigenvalue weighted by molar-refractivity contribution is 7.90. The maximum absolute atomic E-state index is 11.8. The number of hydrogen-bond donors (Lipinski definition) is 3. The molecule has 0 saturated heterocycles. The summed E-state index contributed by atoms with van der Waals surface area (Å²) in [6, 6.07) is -0.0572. The lowest BCUT2D eigenvalue weighted by atomic mass is 10.1. The van der Waals surface area contributed by atoms with E-state index in [1.54, 1.807) is 0 Å². The van der Waals surface area contributed by atoms with E-state index >= 15 is 0 Å². The molecule has 0 radical (unpaired) electrons. The molecule has 0 aromatic carbocycles. The van der Waals surface area contributed by atoms with E-state index in [4.69, 9.17) is 0 Å². The number of aliphatic imine (C=N–C) groups is 1. The van der Waals surface area contributed by atoms with Crippen LogP contribution < -0.4 is 16.0 Å². The number of carbonyl (C=O) groups excluding carboxylic acids is 1. The first-order valence-corrected chi connectivity index (χ1v) is 9.52. The molecule has 0 aromatic rings. The summed E-state index contributed by atoms with van der Waals surface area (Å²) in [6.07, 6.45) is 1.70. The molecule has 130 valence electrons. The van der Waals surface area contributed by atoms with Gasteiger partial charge >= 0.3 is 0 Å². The number of amides is 1. The summed E-state index contributed by atoms with van der Waals surface area (Å²) in [5.74, 6) is 0.464. The molecule has 0 aromatic heterocycles. The van der Waals surface area contributed by atoms with Crippen molar-refractivity contribution in [2.75, 3.05) is 25.1 Å². The first-order valence-electron chi connectivity index (χ1n) is 7.46. The summed E-state index contributed by atoms with van der Waals surface area (Å²) >= 11 is 0. The predicted octanol–water partition coefficient (Wildman–Crippen LogP) is 0.279. The van der Waals surface area contributed by atoms with Crippen LogP contribution in [0.25, 0.3) is 0 Å². The van der Waals surface area contributed by atoms with Crippen LogP contribution in [0.5, 0.6) is 0 Å². The molecule has 0 fully saturated rings. The second kappa shape index (κ2) is 8.97. The van der Waals surface area contributed by atoms with Crippen LogP contribution in [0.2, 0.25) is 0 Å². The maximum atomic E-state index is 11.8. The second-order valence-corrected chi connectivity index (χ2v) is 8.72. The van der Waals surface area contributed by atoms with Crippen LogP contribution >= 0.6 is 0 Å². The Hall–Kier alpha value is -1.31. The smallest absolute Gasteiger partial charge is 0.242 e. The third kappa shape index (κ3) is 12.4. The number of guanidine groups is 1. The lowest BCUT2D eigenvalue weighted by Crippen LogP contribution is -2.45. The van der Waals surface area contributed by atoms with Gasteiger partial charge in [0, 0.05) is 24.4 Å². The first-order chi connectivity index (χ1) is 9.93. The van der Waals surface area contributed by atoms with Gasteiger partial charge in [-0.3, -0.25) is 4.79 Å². The fourth-order valence-electron chi connectivity index (χ4n) is 1.63. The SMILES string of the molecule is CCNC(=NCC(=O)NC(C)(C)C)NC(C)CCS(C)(=O)=O. The van der Waals surface area contributed by atoms with Crippen molar-refractivity contribution in [1.29, 1.82) is 0 Å². The number of rotatable bonds is 7. The maximum Gasteiger partial charge on any atom is 0.242 e. The molecule has 0 spiro atoms. The molecule has 0 aliphatic heterocycles. The lowest BCUT2D eigenvalue weighted by molar-refractivity contribution is -0.121. The van der Waals surface area contributed by atoms with E-state index in [-0.39, 0.29) is 29.8 Å². The van der Waals surface area contributed by atoms with Crippen LogP contribution in [-0.2, 0) is 14.6 Å². The minimum absolute atomic E-state index is 0.0192. The van der Waals surface area contributed by atoms with E-state index in [1.165, 1.54) is 6.26 Å². The topological polar surface area (TPSA) is 99.7 Å². The van der Waals surface area contributed by atoms with Crippen molar-refractivity contribution in [3.05, 3.63) is 0 Å². The molecule has 0 saturated carbocycles. The fraction of sp³-hybridized carbons (Fsp3) is 0.857. The third-order valence-electron chi connectivity index (χ3n) is 2.54. The lowest BCUT2D eigenvalue weighted by Gasteiger charge is -2.20. The molecule has 22 heavy (non-hydrogen) atoms. The molecule has 3 N–H and O–H groups in total. The van der Waals surface area contributed by atoms with Crippen LogP contribution in [0.15, 0.2) is 4.99 Å². The molecule has 7 nitrogen and oxygen atoms in total. The Morgan fingerprint density at radius 2 is 1.86 bits per heavy atom. The van der Waals surface area contributed by atoms with Gasteiger partial charge in [-0.25, -0.2) is 13.4 Å². The molecule has 0 bridgehead atoms. The monoisotopic (exact) mass is 334 g/mol. The van der Waals surface area contributed by atoms with Crippen molar-refractivity contribution in [2.45, 2.75) is 52.6 Å². The summed E-state index contributed by atoms with van der Waals surface area (Å²) in [6.45, 7) is 10.2. The highest BCUT2D eigenvalue weighted by Gasteiger charge is 2.14. The number of nitrogens with zero attached hydrogens (tertiary/aromatic N) is 1. The summed E-state index contributed by atoms with van der Waals surface area (Å²) in [5.41, 5.74) is -0.291. The van der Waals surface area contributed by atoms with E-state index in [0.29, 0.717) is 18.9 Å². The van der Waals surface area contributed by atoms with E-state index in [0.717, 1.165) is 0 Å². The van der Waals surface area contributed by atoms with Crippen molar-refractivity contribution in [1.82, 2.24) is 16.0 Å². The van der Waals surface area contributed by atoms with Gasteiger partial charge in [0.25, 0.3) is 0 Å². The standard InChI is InChI=1S/C14H30N4O3S/c1-7-15-13(16-10-12(19)18-14(3,4)5)17-11(2)8-9-22(6,20)21/h11H,7-10H2,1-6H3,(H,18,19)(H2,15,16,17). The molecule has 0 aliphatic carbocycles. The van der Waals surface area contributed by atoms with Gasteiger partial charge in [-0.2, -0.15) is 0 Å². The molecule has 8 heteroatoms. The zero-order valence-electron chi connectivity index (χ0n) is 14.5. The van der Waals surface area contributed by atoms with Gasteiger partial charge in [0.15, 0.2) is 5.96 Å². The van der Waals surface area contributed by atoms with Gasteiger partial charge in [0.1, 0.15) is 16.4 Å². The predicted molar refractivity (Wildman–Crippen MR) is 90.8 cm³/mol. The normalized spacial score (nSPS) is 14.4. The number of sulfone groups is 1. The number of nitrogens with one attached hydrogen (secondary N) is 3. The Kier molecular flexibility index (Phi) is 8.44. The van der Waals surface area contributed by atoms with Gasteiger partial charge in [-0.1, -0.05) is 0 Å². The molecular formula is C14H30N4O3S. The Morgan fingerprint density at radius 3 is 2.32 bits per heavy atom. The summed E-state index contributed by atoms with van der Waals surface area (Å²) in [4.78, 5) is 16.0. The Bertz CT molecular complexity index is 481. The van der Waals surface area contributed by atoms with Gasteiger partial charge in [0.05, 0.1) is 5.75 Å². The molecule has 0 aliphatic rings. The number of hydrogen-bond acceptors (Lipinski definition) is 4. The highest BCUT2D eigenvalue weighted by Crippen LogP contribution is 1.98. The zero-order chi connectivity index (χ0) is 17.4. The van der Waals surface area contributed by atoms with Gasteiger partial charge in [-0.15, -0.1) is 0 Å². The minimum Gasteiger partial charge on any atom is -0.357 e. The first kappa shape index (κ1) is 20.7. The average Bonchev–Trinajstić information content (AvgIpc) is 2.31. The third-order valence-corrected chi connectivity index (χ3v) is 3.52. The summed E-state index contributed by atoms with van der Waals surface area (Å²) < 4.78 is 22.3. The van der Waals surface area contributed by atoms with E-state index in [2.05, 4.69) is 20.9 Å². The molecule has 0 rings (SSSR count). The Morgan fingerprint density at radius 1 is 1.27 bits per heavy atom. The molecule has 1 atom stereocenters. The van der Waals surface area contributed by atoms with Crippen molar-refractivity contribution in [2.24, 2.45) is 4.99 Å². The summed E-state index contributed by atoms with van der Waals surface area (Å²) in [7, 11) is -2.98. The molecule has 1 unspecified atom stereocenters. The van der Waals surface area contributed by atoms with Crippen molar-refractivity contribution >= 4 is 21.7 Å². The van der Waals surface area contributed by atoms with Gasteiger partial charge in [-0.05, 0) is 41.0 Å². The van der Waals surface area contributed by atoms with Crippen molar-refractivity contribution in [3.63, 3.8) is 0 Å². The van der Waals surface area contributed by atoms with Crippen LogP contribution in [0.1, 0.15) is 41.0 Å². The Labute approximate surface area is 134 Å². The highest BCUT2D eigenvalue weighted by atomic mass is 32.2. The molecule has 0 heterocycles. The zero-order valence-corrected chi connectivity index (χ0v) is 15.3. The quantitative estimate of drug-likeness (QED) is 0.459. The van der Waals surface area contributed by atoms with E-state index in [9.17, 15) is 13.2 Å². The number of carbonyl (C=O) groups is 1. The van der Waals surface area contributed by atoms with Crippen LogP contribution in [0, 0.1) is 0 Å². The molecular weight excluding hydrogens is 304 g/mol. The molecule has 1 amide bonds. The van der Waals surface area contributed by atoms with Gasteiger partial charge < -0.3 is 16.0 Å².